The van der Waals surface area contributed by atoms with Crippen molar-refractivity contribution >= 4 is 15.9 Å². The van der Waals surface area contributed by atoms with E-state index in [1.807, 2.05) is 6.20 Å². The summed E-state index contributed by atoms with van der Waals surface area (Å²) in [4.78, 5) is 4.19. The van der Waals surface area contributed by atoms with Gasteiger partial charge in [-0.1, -0.05) is 26.7 Å². The molecule has 1 N–H and O–H groups in total. The molecule has 1 aromatic heterocycles. The molecule has 0 bridgehead atoms. The van der Waals surface area contributed by atoms with Gasteiger partial charge in [-0.25, -0.2) is 0 Å². The molecule has 0 amide bonds. The highest BCUT2D eigenvalue weighted by Crippen LogP contribution is 2.32. The van der Waals surface area contributed by atoms with Crippen LogP contribution >= 0.6 is 15.9 Å². The van der Waals surface area contributed by atoms with Crippen molar-refractivity contribution in [2.24, 2.45) is 5.41 Å². The Morgan fingerprint density at radius 2 is 2.12 bits per heavy atom. The van der Waals surface area contributed by atoms with E-state index >= 15 is 0 Å². The maximum Gasteiger partial charge on any atom is 0.0490 e. The van der Waals surface area contributed by atoms with E-state index in [-0.39, 0.29) is 12.0 Å². The molecule has 0 fully saturated rings. The van der Waals surface area contributed by atoms with E-state index in [2.05, 4.69) is 40.8 Å². The molecule has 1 atom stereocenters. The predicted molar refractivity (Wildman–Crippen MR) is 75.0 cm³/mol. The number of hydrogen-bond acceptors (Lipinski definition) is 2. The van der Waals surface area contributed by atoms with Crippen LogP contribution in [0.5, 0.6) is 0 Å². The molecule has 0 aliphatic heterocycles. The minimum absolute atomic E-state index is 0.0263. The van der Waals surface area contributed by atoms with Crippen LogP contribution in [0.1, 0.15) is 45.1 Å². The number of aromatic nitrogens is 1. The van der Waals surface area contributed by atoms with Crippen LogP contribution in [0.15, 0.2) is 22.9 Å². The van der Waals surface area contributed by atoms with E-state index in [0.717, 1.165) is 23.7 Å². The Morgan fingerprint density at radius 3 is 2.65 bits per heavy atom. The minimum atomic E-state index is 0.0263. The summed E-state index contributed by atoms with van der Waals surface area (Å²) < 4.78 is 1.01. The summed E-state index contributed by atoms with van der Waals surface area (Å²) in [5, 5.41) is 9.70. The number of unbranched alkanes of at least 4 members (excludes halogenated alkanes) is 1. The topological polar surface area (TPSA) is 33.1 Å². The summed E-state index contributed by atoms with van der Waals surface area (Å²) in [7, 11) is 0. The zero-order valence-electron chi connectivity index (χ0n) is 10.7. The second-order valence-electron chi connectivity index (χ2n) is 4.80. The molecule has 0 radical (unpaired) electrons. The maximum absolute atomic E-state index is 9.70. The molecule has 1 unspecified atom stereocenters. The third-order valence-electron chi connectivity index (χ3n) is 3.49. The lowest BCUT2D eigenvalue weighted by Gasteiger charge is -2.31. The van der Waals surface area contributed by atoms with Crippen LogP contribution in [0, 0.1) is 5.41 Å². The average molecular weight is 300 g/mol. The second kappa shape index (κ2) is 7.12. The Balaban J connectivity index is 2.78. The number of pyridine rings is 1. The van der Waals surface area contributed by atoms with Gasteiger partial charge in [0.05, 0.1) is 0 Å². The molecule has 17 heavy (non-hydrogen) atoms. The highest BCUT2D eigenvalue weighted by molar-refractivity contribution is 9.10. The largest absolute Gasteiger partial charge is 0.396 e. The van der Waals surface area contributed by atoms with Crippen LogP contribution in [-0.4, -0.2) is 16.7 Å². The molecule has 0 aliphatic carbocycles. The Morgan fingerprint density at radius 1 is 1.35 bits per heavy atom. The molecule has 1 heterocycles. The van der Waals surface area contributed by atoms with Crippen LogP contribution in [0.2, 0.25) is 0 Å². The summed E-state index contributed by atoms with van der Waals surface area (Å²) in [6, 6.07) is 2.10. The number of rotatable bonds is 7. The smallest absolute Gasteiger partial charge is 0.0490 e. The average Bonchev–Trinajstić information content (AvgIpc) is 2.35. The summed E-state index contributed by atoms with van der Waals surface area (Å²) in [5.41, 5.74) is 1.23. The monoisotopic (exact) mass is 299 g/mol. The Hall–Kier alpha value is -0.410. The minimum Gasteiger partial charge on any atom is -0.396 e. The number of aliphatic hydroxyl groups is 1. The quantitative estimate of drug-likeness (QED) is 0.826. The molecule has 0 aliphatic rings. The lowest BCUT2D eigenvalue weighted by molar-refractivity contribution is 0.107. The van der Waals surface area contributed by atoms with Gasteiger partial charge in [-0.05, 0) is 52.2 Å². The zero-order valence-corrected chi connectivity index (χ0v) is 12.3. The molecule has 0 saturated heterocycles. The highest BCUT2D eigenvalue weighted by atomic mass is 79.9. The molecule has 1 rings (SSSR count). The van der Waals surface area contributed by atoms with Crippen molar-refractivity contribution in [2.45, 2.75) is 46.0 Å². The Labute approximate surface area is 113 Å². The van der Waals surface area contributed by atoms with E-state index in [4.69, 9.17) is 0 Å². The van der Waals surface area contributed by atoms with E-state index in [0.29, 0.717) is 0 Å². The summed E-state index contributed by atoms with van der Waals surface area (Å²) in [6.45, 7) is 4.62. The van der Waals surface area contributed by atoms with Crippen LogP contribution in [0.3, 0.4) is 0 Å². The first-order valence-electron chi connectivity index (χ1n) is 6.36. The standard InChI is InChI=1S/C14H22BrNO/c1-3-5-6-14(4-2,11-17)8-12-7-13(15)10-16-9-12/h7,9-10,17H,3-6,8,11H2,1-2H3. The SMILES string of the molecule is CCCCC(CC)(CO)Cc1cncc(Br)c1. The van der Waals surface area contributed by atoms with E-state index in [9.17, 15) is 5.11 Å². The fourth-order valence-electron chi connectivity index (χ4n) is 2.17. The van der Waals surface area contributed by atoms with Crippen molar-refractivity contribution in [3.8, 4) is 0 Å². The van der Waals surface area contributed by atoms with Gasteiger partial charge in [-0.3, -0.25) is 4.98 Å². The number of aliphatic hydroxyl groups excluding tert-OH is 1. The molecule has 0 aromatic carbocycles. The van der Waals surface area contributed by atoms with Crippen LogP contribution in [0.25, 0.3) is 0 Å². The van der Waals surface area contributed by atoms with Gasteiger partial charge in [-0.2, -0.15) is 0 Å². The normalized spacial score (nSPS) is 14.6. The van der Waals surface area contributed by atoms with Crippen molar-refractivity contribution in [1.29, 1.82) is 0 Å². The van der Waals surface area contributed by atoms with E-state index < -0.39 is 0 Å². The first-order valence-corrected chi connectivity index (χ1v) is 7.15. The molecule has 1 aromatic rings. The lowest BCUT2D eigenvalue weighted by atomic mass is 9.76. The molecule has 2 nitrogen and oxygen atoms in total. The molecular formula is C14H22BrNO. The first-order chi connectivity index (χ1) is 8.15. The van der Waals surface area contributed by atoms with Gasteiger partial charge < -0.3 is 5.11 Å². The molecule has 0 spiro atoms. The van der Waals surface area contributed by atoms with Gasteiger partial charge in [0.1, 0.15) is 0 Å². The van der Waals surface area contributed by atoms with Crippen molar-refractivity contribution in [3.63, 3.8) is 0 Å². The van der Waals surface area contributed by atoms with Gasteiger partial charge in [-0.15, -0.1) is 0 Å². The number of hydrogen-bond donors (Lipinski definition) is 1. The summed E-state index contributed by atoms with van der Waals surface area (Å²) >= 11 is 3.44. The van der Waals surface area contributed by atoms with Gasteiger partial charge in [0.2, 0.25) is 0 Å². The summed E-state index contributed by atoms with van der Waals surface area (Å²) in [5.74, 6) is 0. The maximum atomic E-state index is 9.70. The molecule has 0 saturated carbocycles. The van der Waals surface area contributed by atoms with Crippen LogP contribution < -0.4 is 0 Å². The molecular weight excluding hydrogens is 278 g/mol. The third kappa shape index (κ3) is 4.40. The van der Waals surface area contributed by atoms with Gasteiger partial charge >= 0.3 is 0 Å². The molecule has 96 valence electrons. The molecule has 3 heteroatoms. The predicted octanol–water partition coefficient (Wildman–Crippen LogP) is 3.97. The highest BCUT2D eigenvalue weighted by Gasteiger charge is 2.27. The lowest BCUT2D eigenvalue weighted by Crippen LogP contribution is -2.27. The van der Waals surface area contributed by atoms with E-state index in [1.165, 1.54) is 18.4 Å². The van der Waals surface area contributed by atoms with Crippen LogP contribution in [-0.2, 0) is 6.42 Å². The summed E-state index contributed by atoms with van der Waals surface area (Å²) in [6.07, 6.45) is 9.05. The van der Waals surface area contributed by atoms with Crippen LogP contribution in [0.4, 0.5) is 0 Å². The van der Waals surface area contributed by atoms with Crippen molar-refractivity contribution < 1.29 is 5.11 Å². The number of nitrogens with zero attached hydrogens (tertiary/aromatic N) is 1. The first kappa shape index (κ1) is 14.7. The number of halogens is 1. The van der Waals surface area contributed by atoms with Crippen molar-refractivity contribution in [1.82, 2.24) is 4.98 Å². The van der Waals surface area contributed by atoms with Crippen molar-refractivity contribution in [3.05, 3.63) is 28.5 Å². The Bertz CT molecular complexity index is 337. The fraction of sp³-hybridized carbons (Fsp3) is 0.643. The van der Waals surface area contributed by atoms with E-state index in [1.54, 1.807) is 6.20 Å². The fourth-order valence-corrected chi connectivity index (χ4v) is 2.59. The Kier molecular flexibility index (Phi) is 6.14. The second-order valence-corrected chi connectivity index (χ2v) is 5.72. The van der Waals surface area contributed by atoms with Gasteiger partial charge in [0, 0.05) is 23.5 Å². The zero-order chi connectivity index (χ0) is 12.7. The van der Waals surface area contributed by atoms with Crippen molar-refractivity contribution in [2.75, 3.05) is 6.61 Å². The third-order valence-corrected chi connectivity index (χ3v) is 3.92. The van der Waals surface area contributed by atoms with Gasteiger partial charge in [0.25, 0.3) is 0 Å². The van der Waals surface area contributed by atoms with Gasteiger partial charge in [0.15, 0.2) is 0 Å².